The molecule has 0 aromatic carbocycles. The molecule has 0 fully saturated rings. The van der Waals surface area contributed by atoms with Gasteiger partial charge in [-0.05, 0) is 37.5 Å². The van der Waals surface area contributed by atoms with Crippen LogP contribution >= 0.6 is 0 Å². The van der Waals surface area contributed by atoms with E-state index in [-0.39, 0.29) is 6.42 Å². The van der Waals surface area contributed by atoms with Gasteiger partial charge in [0.1, 0.15) is 5.84 Å². The normalized spacial score (nSPS) is 18.7. The molecule has 0 amide bonds. The molecule has 5 nitrogen and oxygen atoms in total. The maximum atomic E-state index is 13.2. The van der Waals surface area contributed by atoms with Crippen LogP contribution in [0.5, 0.6) is 0 Å². The van der Waals surface area contributed by atoms with Crippen LogP contribution in [-0.4, -0.2) is 62.0 Å². The molecule has 0 bridgehead atoms. The summed E-state index contributed by atoms with van der Waals surface area (Å²) in [5.74, 6) is -3.01. The second-order valence-electron chi connectivity index (χ2n) is 7.78. The van der Waals surface area contributed by atoms with Crippen molar-refractivity contribution in [2.24, 2.45) is 15.0 Å². The fourth-order valence-corrected chi connectivity index (χ4v) is 3.11. The third-order valence-corrected chi connectivity index (χ3v) is 5.08. The highest BCUT2D eigenvalue weighted by atomic mass is 19.3. The second-order valence-corrected chi connectivity index (χ2v) is 7.78. The van der Waals surface area contributed by atoms with Crippen LogP contribution in [0.25, 0.3) is 0 Å². The second kappa shape index (κ2) is 11.8. The molecule has 0 aromatic rings. The quantitative estimate of drug-likeness (QED) is 0.352. The number of rotatable bonds is 12. The van der Waals surface area contributed by atoms with Crippen molar-refractivity contribution in [2.45, 2.75) is 46.0 Å². The zero-order chi connectivity index (χ0) is 22.9. The Morgan fingerprint density at radius 3 is 2.65 bits per heavy atom. The van der Waals surface area contributed by atoms with Gasteiger partial charge in [0.2, 0.25) is 0 Å². The number of nitrogens with zero attached hydrogens (tertiary/aromatic N) is 4. The Hall–Kier alpha value is -2.48. The lowest BCUT2D eigenvalue weighted by atomic mass is 10.1. The lowest BCUT2D eigenvalue weighted by molar-refractivity contribution is -0.0282. The van der Waals surface area contributed by atoms with Gasteiger partial charge in [-0.3, -0.25) is 9.98 Å². The summed E-state index contributed by atoms with van der Waals surface area (Å²) in [4.78, 5) is 12.9. The molecule has 0 radical (unpaired) electrons. The molecular formula is C23H32F3N5. The molecule has 170 valence electrons. The van der Waals surface area contributed by atoms with E-state index in [1.165, 1.54) is 11.1 Å². The number of nitrogens with one attached hydrogen (secondary N) is 1. The summed E-state index contributed by atoms with van der Waals surface area (Å²) in [7, 11) is 0. The van der Waals surface area contributed by atoms with E-state index in [4.69, 9.17) is 0 Å². The number of hydrogen-bond acceptors (Lipinski definition) is 5. The Bertz CT molecular complexity index is 834. The first-order valence-electron chi connectivity index (χ1n) is 10.5. The Labute approximate surface area is 182 Å². The van der Waals surface area contributed by atoms with Gasteiger partial charge in [0.25, 0.3) is 5.92 Å². The highest BCUT2D eigenvalue weighted by Gasteiger charge is 2.29. The average molecular weight is 436 g/mol. The van der Waals surface area contributed by atoms with E-state index in [1.54, 1.807) is 6.21 Å². The van der Waals surface area contributed by atoms with E-state index >= 15 is 0 Å². The van der Waals surface area contributed by atoms with Crippen molar-refractivity contribution in [3.63, 3.8) is 0 Å². The Morgan fingerprint density at radius 2 is 2.10 bits per heavy atom. The Kier molecular flexibility index (Phi) is 9.43. The minimum absolute atomic E-state index is 0.0523. The van der Waals surface area contributed by atoms with Crippen LogP contribution in [0.3, 0.4) is 0 Å². The summed E-state index contributed by atoms with van der Waals surface area (Å²) in [5.41, 5.74) is 8.76. The van der Waals surface area contributed by atoms with Crippen molar-refractivity contribution in [3.05, 3.63) is 46.7 Å². The van der Waals surface area contributed by atoms with Crippen LogP contribution in [-0.2, 0) is 0 Å². The van der Waals surface area contributed by atoms with Crippen LogP contribution in [0.15, 0.2) is 61.7 Å². The molecule has 8 heteroatoms. The third-order valence-electron chi connectivity index (χ3n) is 5.08. The molecule has 0 aromatic heterocycles. The average Bonchev–Trinajstić information content (AvgIpc) is 3.16. The van der Waals surface area contributed by atoms with E-state index in [2.05, 4.69) is 45.8 Å². The highest BCUT2D eigenvalue weighted by molar-refractivity contribution is 5.97. The molecule has 2 aliphatic rings. The number of allylic oxidation sites excluding steroid dienone is 4. The van der Waals surface area contributed by atoms with Gasteiger partial charge in [0.15, 0.2) is 6.67 Å². The Morgan fingerprint density at radius 1 is 1.32 bits per heavy atom. The molecule has 0 atom stereocenters. The van der Waals surface area contributed by atoms with Gasteiger partial charge in [-0.1, -0.05) is 18.6 Å². The minimum atomic E-state index is -3.33. The summed E-state index contributed by atoms with van der Waals surface area (Å²) < 4.78 is 38.7. The van der Waals surface area contributed by atoms with Crippen LogP contribution in [0.1, 0.15) is 40.0 Å². The van der Waals surface area contributed by atoms with E-state index in [1.807, 2.05) is 25.3 Å². The maximum Gasteiger partial charge on any atom is 0.276 e. The number of hydrazine groups is 1. The summed E-state index contributed by atoms with van der Waals surface area (Å²) in [6.07, 6.45) is 7.53. The molecule has 0 saturated carbocycles. The lowest BCUT2D eigenvalue weighted by Crippen LogP contribution is -2.39. The molecule has 0 saturated heterocycles. The molecule has 1 N–H and O–H groups in total. The third kappa shape index (κ3) is 7.94. The number of amidine groups is 1. The highest BCUT2D eigenvalue weighted by Crippen LogP contribution is 2.22. The van der Waals surface area contributed by atoms with Crippen molar-refractivity contribution in [1.82, 2.24) is 10.4 Å². The van der Waals surface area contributed by atoms with Crippen LogP contribution < -0.4 is 5.43 Å². The first kappa shape index (κ1) is 24.8. The molecule has 2 rings (SSSR count). The number of likely N-dealkylation sites (N-methyl/N-ethyl adjacent to an activating group) is 1. The Balaban J connectivity index is 2.17. The molecule has 0 unspecified atom stereocenters. The topological polar surface area (TPSA) is 52.3 Å². The maximum absolute atomic E-state index is 13.2. The summed E-state index contributed by atoms with van der Waals surface area (Å²) in [6.45, 7) is 10.8. The summed E-state index contributed by atoms with van der Waals surface area (Å²) in [5, 5.41) is 2.10. The van der Waals surface area contributed by atoms with Gasteiger partial charge >= 0.3 is 0 Å². The first-order valence-corrected chi connectivity index (χ1v) is 10.5. The van der Waals surface area contributed by atoms with Crippen molar-refractivity contribution in [3.8, 4) is 0 Å². The van der Waals surface area contributed by atoms with Gasteiger partial charge in [-0.2, -0.15) is 0 Å². The van der Waals surface area contributed by atoms with Gasteiger partial charge in [-0.15, -0.1) is 6.58 Å². The van der Waals surface area contributed by atoms with Crippen molar-refractivity contribution >= 4 is 18.3 Å². The van der Waals surface area contributed by atoms with Crippen molar-refractivity contribution in [2.75, 3.05) is 32.9 Å². The van der Waals surface area contributed by atoms with Gasteiger partial charge in [-0.25, -0.2) is 23.2 Å². The fraction of sp³-hybridized carbons (Fsp3) is 0.522. The van der Waals surface area contributed by atoms with Gasteiger partial charge in [0.05, 0.1) is 18.8 Å². The number of alkyl halides is 3. The van der Waals surface area contributed by atoms with Crippen LogP contribution in [0.4, 0.5) is 13.2 Å². The van der Waals surface area contributed by atoms with E-state index in [9.17, 15) is 13.2 Å². The summed E-state index contributed by atoms with van der Waals surface area (Å²) in [6, 6.07) is 0. The standard InChI is InChI=1S/C23H32F3N5/c1-5-7-17(3)10-21(30-31(6-2)15-20-12-27-11-18(20)4)19-13-28-22(29-14-19)8-9-23(25,26)16-24/h5,10-11,13,30H,1,6-9,12,14-16H2,2-4H3/b17-10-,21-19?. The van der Waals surface area contributed by atoms with E-state index < -0.39 is 19.0 Å². The predicted molar refractivity (Wildman–Crippen MR) is 123 cm³/mol. The zero-order valence-corrected chi connectivity index (χ0v) is 18.6. The van der Waals surface area contributed by atoms with Crippen molar-refractivity contribution in [1.29, 1.82) is 0 Å². The van der Waals surface area contributed by atoms with Crippen LogP contribution in [0, 0.1) is 0 Å². The lowest BCUT2D eigenvalue weighted by Gasteiger charge is -2.26. The van der Waals surface area contributed by atoms with Crippen LogP contribution in [0.2, 0.25) is 0 Å². The molecule has 0 aliphatic carbocycles. The minimum Gasteiger partial charge on any atom is -0.318 e. The fourth-order valence-electron chi connectivity index (χ4n) is 3.11. The van der Waals surface area contributed by atoms with Crippen molar-refractivity contribution < 1.29 is 13.2 Å². The molecular weight excluding hydrogens is 403 g/mol. The zero-order valence-electron chi connectivity index (χ0n) is 18.6. The van der Waals surface area contributed by atoms with Gasteiger partial charge < -0.3 is 5.43 Å². The number of halogens is 3. The smallest absolute Gasteiger partial charge is 0.276 e. The van der Waals surface area contributed by atoms with Gasteiger partial charge in [0, 0.05) is 43.9 Å². The largest absolute Gasteiger partial charge is 0.318 e. The molecule has 0 spiro atoms. The molecule has 2 aliphatic heterocycles. The molecule has 31 heavy (non-hydrogen) atoms. The van der Waals surface area contributed by atoms with E-state index in [0.29, 0.717) is 18.9 Å². The molecule has 2 heterocycles. The SMILES string of the molecule is C=CC/C(C)=C\C(NN(CC)CC1=C(C)C=NC1)=C1C=NC(CCC(F)(F)CF)=NC1. The number of aliphatic imine (C=N–C) groups is 3. The van der Waals surface area contributed by atoms with E-state index in [0.717, 1.165) is 36.4 Å². The summed E-state index contributed by atoms with van der Waals surface area (Å²) >= 11 is 0. The first-order chi connectivity index (χ1) is 14.8. The number of hydrogen-bond donors (Lipinski definition) is 1. The monoisotopic (exact) mass is 435 g/mol. The predicted octanol–water partition coefficient (Wildman–Crippen LogP) is 4.86.